The Balaban J connectivity index is 1.50. The molecule has 0 amide bonds. The van der Waals surface area contributed by atoms with Gasteiger partial charge < -0.3 is 14.4 Å². The Bertz CT molecular complexity index is 896. The topological polar surface area (TPSA) is 63.6 Å². The summed E-state index contributed by atoms with van der Waals surface area (Å²) in [5.74, 6) is -0.00368. The van der Waals surface area contributed by atoms with Crippen LogP contribution in [0.15, 0.2) is 6.20 Å². The quantitative estimate of drug-likeness (QED) is 0.703. The Morgan fingerprint density at radius 3 is 2.76 bits per heavy atom. The maximum absolute atomic E-state index is 14.8. The fourth-order valence-electron chi connectivity index (χ4n) is 4.92. The standard InChI is InChI=1S/C20H25ClFN5O2/c21-17-15(22)16-14(12-23-17)18(26-6-3-10-28-11-9-26)25-19(24-16)29-13-20-4-1-7-27(20)8-2-5-20/h12H,1-11,13H2. The van der Waals surface area contributed by atoms with Crippen molar-refractivity contribution >= 4 is 28.3 Å². The van der Waals surface area contributed by atoms with E-state index in [1.54, 1.807) is 6.20 Å². The van der Waals surface area contributed by atoms with Crippen molar-refractivity contribution in [1.82, 2.24) is 19.9 Å². The Labute approximate surface area is 174 Å². The molecule has 3 fully saturated rings. The summed E-state index contributed by atoms with van der Waals surface area (Å²) in [6.07, 6.45) is 7.05. The number of anilines is 1. The smallest absolute Gasteiger partial charge is 0.319 e. The van der Waals surface area contributed by atoms with E-state index in [4.69, 9.17) is 21.1 Å². The molecule has 3 saturated heterocycles. The molecule has 0 atom stereocenters. The average molecular weight is 422 g/mol. The lowest BCUT2D eigenvalue weighted by Gasteiger charge is -2.31. The van der Waals surface area contributed by atoms with Gasteiger partial charge in [0, 0.05) is 25.9 Å². The molecule has 3 aliphatic rings. The third kappa shape index (κ3) is 3.51. The normalized spacial score (nSPS) is 22.1. The summed E-state index contributed by atoms with van der Waals surface area (Å²) in [6.45, 7) is 5.53. The summed E-state index contributed by atoms with van der Waals surface area (Å²) in [5.41, 5.74) is 0.228. The van der Waals surface area contributed by atoms with Gasteiger partial charge in [-0.05, 0) is 45.2 Å². The second-order valence-electron chi connectivity index (χ2n) is 8.12. The van der Waals surface area contributed by atoms with Crippen LogP contribution in [0, 0.1) is 5.82 Å². The van der Waals surface area contributed by atoms with Gasteiger partial charge in [-0.3, -0.25) is 4.90 Å². The first-order chi connectivity index (χ1) is 14.2. The van der Waals surface area contributed by atoms with Crippen molar-refractivity contribution in [2.75, 3.05) is 50.9 Å². The Kier molecular flexibility index (Phi) is 5.17. The molecule has 0 spiro atoms. The van der Waals surface area contributed by atoms with Crippen molar-refractivity contribution in [2.45, 2.75) is 37.6 Å². The predicted octanol–water partition coefficient (Wildman–Crippen LogP) is 3.05. The summed E-state index contributed by atoms with van der Waals surface area (Å²) >= 11 is 5.93. The van der Waals surface area contributed by atoms with Crippen molar-refractivity contribution in [3.8, 4) is 6.01 Å². The number of nitrogens with zero attached hydrogens (tertiary/aromatic N) is 5. The molecular weight excluding hydrogens is 397 g/mol. The van der Waals surface area contributed by atoms with Gasteiger partial charge in [-0.1, -0.05) is 11.6 Å². The molecule has 29 heavy (non-hydrogen) atoms. The van der Waals surface area contributed by atoms with Crippen LogP contribution in [0.2, 0.25) is 5.15 Å². The summed E-state index contributed by atoms with van der Waals surface area (Å²) in [6, 6.07) is 0.201. The molecule has 0 aliphatic carbocycles. The Hall–Kier alpha value is -1.77. The van der Waals surface area contributed by atoms with Gasteiger partial charge in [0.05, 0.1) is 17.5 Å². The number of fused-ring (bicyclic) bond motifs is 2. The molecular formula is C20H25ClFN5O2. The molecule has 2 aromatic rings. The zero-order valence-electron chi connectivity index (χ0n) is 16.4. The molecule has 0 unspecified atom stereocenters. The van der Waals surface area contributed by atoms with Gasteiger partial charge in [0.25, 0.3) is 0 Å². The summed E-state index contributed by atoms with van der Waals surface area (Å²) in [4.78, 5) is 17.6. The number of rotatable bonds is 4. The van der Waals surface area contributed by atoms with E-state index in [0.717, 1.165) is 38.9 Å². The first-order valence-electron chi connectivity index (χ1n) is 10.4. The maximum atomic E-state index is 14.8. The molecule has 0 aromatic carbocycles. The lowest BCUT2D eigenvalue weighted by Crippen LogP contribution is -2.43. The van der Waals surface area contributed by atoms with E-state index in [0.29, 0.717) is 37.6 Å². The van der Waals surface area contributed by atoms with Crippen LogP contribution in [0.1, 0.15) is 32.1 Å². The molecule has 9 heteroatoms. The maximum Gasteiger partial charge on any atom is 0.319 e. The van der Waals surface area contributed by atoms with Crippen LogP contribution >= 0.6 is 11.6 Å². The fourth-order valence-corrected chi connectivity index (χ4v) is 5.06. The van der Waals surface area contributed by atoms with Crippen LogP contribution in [0.25, 0.3) is 10.9 Å². The number of hydrogen-bond donors (Lipinski definition) is 0. The third-order valence-corrected chi connectivity index (χ3v) is 6.67. The van der Waals surface area contributed by atoms with E-state index >= 15 is 0 Å². The van der Waals surface area contributed by atoms with Gasteiger partial charge in [-0.25, -0.2) is 9.37 Å². The van der Waals surface area contributed by atoms with Crippen LogP contribution in [-0.4, -0.2) is 71.4 Å². The fraction of sp³-hybridized carbons (Fsp3) is 0.650. The summed E-state index contributed by atoms with van der Waals surface area (Å²) < 4.78 is 26.4. The predicted molar refractivity (Wildman–Crippen MR) is 108 cm³/mol. The van der Waals surface area contributed by atoms with Crippen LogP contribution in [0.3, 0.4) is 0 Å². The van der Waals surface area contributed by atoms with Crippen molar-refractivity contribution in [3.05, 3.63) is 17.2 Å². The largest absolute Gasteiger partial charge is 0.461 e. The van der Waals surface area contributed by atoms with Gasteiger partial charge in [-0.15, -0.1) is 0 Å². The summed E-state index contributed by atoms with van der Waals surface area (Å²) in [7, 11) is 0. The number of hydrogen-bond acceptors (Lipinski definition) is 7. The number of halogens is 2. The zero-order chi connectivity index (χ0) is 19.8. The SMILES string of the molecule is Fc1c(Cl)ncc2c(N3CCCOCC3)nc(OCC34CCCN3CCC4)nc12. The van der Waals surface area contributed by atoms with Crippen molar-refractivity contribution < 1.29 is 13.9 Å². The second kappa shape index (κ2) is 7.81. The van der Waals surface area contributed by atoms with Crippen molar-refractivity contribution in [3.63, 3.8) is 0 Å². The van der Waals surface area contributed by atoms with Crippen LogP contribution in [0.4, 0.5) is 10.2 Å². The molecule has 0 saturated carbocycles. The average Bonchev–Trinajstić information content (AvgIpc) is 3.18. The molecule has 0 bridgehead atoms. The number of pyridine rings is 1. The van der Waals surface area contributed by atoms with Crippen LogP contribution in [0.5, 0.6) is 6.01 Å². The van der Waals surface area contributed by atoms with Gasteiger partial charge in [0.15, 0.2) is 11.0 Å². The van der Waals surface area contributed by atoms with Gasteiger partial charge in [0.1, 0.15) is 17.9 Å². The lowest BCUT2D eigenvalue weighted by atomic mass is 9.95. The lowest BCUT2D eigenvalue weighted by molar-refractivity contribution is 0.108. The minimum Gasteiger partial charge on any atom is -0.461 e. The first kappa shape index (κ1) is 19.2. The molecule has 0 N–H and O–H groups in total. The highest BCUT2D eigenvalue weighted by Crippen LogP contribution is 2.39. The van der Waals surface area contributed by atoms with E-state index in [1.807, 2.05) is 0 Å². The van der Waals surface area contributed by atoms with E-state index in [-0.39, 0.29) is 22.2 Å². The van der Waals surface area contributed by atoms with Crippen LogP contribution in [-0.2, 0) is 4.74 Å². The molecule has 3 aliphatic heterocycles. The van der Waals surface area contributed by atoms with Gasteiger partial charge in [-0.2, -0.15) is 9.97 Å². The monoisotopic (exact) mass is 421 g/mol. The highest BCUT2D eigenvalue weighted by molar-refractivity contribution is 6.30. The molecule has 156 valence electrons. The van der Waals surface area contributed by atoms with Crippen molar-refractivity contribution in [1.29, 1.82) is 0 Å². The second-order valence-corrected chi connectivity index (χ2v) is 8.47. The number of ether oxygens (including phenoxy) is 2. The molecule has 0 radical (unpaired) electrons. The highest BCUT2D eigenvalue weighted by Gasteiger charge is 2.45. The summed E-state index contributed by atoms with van der Waals surface area (Å²) in [5, 5.41) is 0.353. The van der Waals surface area contributed by atoms with Crippen molar-refractivity contribution in [2.24, 2.45) is 0 Å². The zero-order valence-corrected chi connectivity index (χ0v) is 17.1. The van der Waals surface area contributed by atoms with E-state index in [1.165, 1.54) is 12.8 Å². The highest BCUT2D eigenvalue weighted by atomic mass is 35.5. The van der Waals surface area contributed by atoms with Crippen LogP contribution < -0.4 is 9.64 Å². The van der Waals surface area contributed by atoms with E-state index in [2.05, 4.69) is 24.8 Å². The molecule has 2 aromatic heterocycles. The molecule has 5 rings (SSSR count). The molecule has 7 nitrogen and oxygen atoms in total. The first-order valence-corrected chi connectivity index (χ1v) is 10.8. The van der Waals surface area contributed by atoms with Gasteiger partial charge in [0.2, 0.25) is 0 Å². The van der Waals surface area contributed by atoms with Gasteiger partial charge >= 0.3 is 6.01 Å². The van der Waals surface area contributed by atoms with E-state index in [9.17, 15) is 4.39 Å². The number of aromatic nitrogens is 3. The Morgan fingerprint density at radius 1 is 1.10 bits per heavy atom. The minimum absolute atomic E-state index is 0.0728. The molecule has 5 heterocycles. The Morgan fingerprint density at radius 2 is 1.93 bits per heavy atom. The third-order valence-electron chi connectivity index (χ3n) is 6.40. The minimum atomic E-state index is -0.634. The van der Waals surface area contributed by atoms with E-state index < -0.39 is 5.82 Å².